The van der Waals surface area contributed by atoms with Gasteiger partial charge < -0.3 is 10.6 Å². The maximum Gasteiger partial charge on any atom is 0.418 e. The third-order valence-corrected chi connectivity index (χ3v) is 4.04. The molecule has 2 N–H and O–H groups in total. The van der Waals surface area contributed by atoms with Crippen molar-refractivity contribution in [2.45, 2.75) is 58.8 Å². The molecule has 1 aromatic rings. The second kappa shape index (κ2) is 8.34. The number of hydrogen-bond donors (Lipinski definition) is 2. The first kappa shape index (κ1) is 19.5. The zero-order chi connectivity index (χ0) is 17.6. The number of para-hydroxylation sites is 1. The number of alkyl halides is 3. The number of halogens is 3. The molecule has 0 fully saturated rings. The molecule has 0 spiro atoms. The zero-order valence-electron chi connectivity index (χ0n) is 14.0. The lowest BCUT2D eigenvalue weighted by atomic mass is 10.00. The topological polar surface area (TPSA) is 41.1 Å². The molecule has 0 aromatic heterocycles. The largest absolute Gasteiger partial charge is 0.418 e. The Hall–Kier alpha value is -1.56. The van der Waals surface area contributed by atoms with Crippen molar-refractivity contribution in [2.75, 3.05) is 5.32 Å². The van der Waals surface area contributed by atoms with Crippen LogP contribution in [0.1, 0.15) is 46.1 Å². The van der Waals surface area contributed by atoms with Crippen LogP contribution in [0, 0.1) is 5.92 Å². The van der Waals surface area contributed by atoms with E-state index in [0.717, 1.165) is 12.5 Å². The van der Waals surface area contributed by atoms with Crippen molar-refractivity contribution >= 4 is 11.6 Å². The van der Waals surface area contributed by atoms with Gasteiger partial charge in [-0.05, 0) is 31.9 Å². The van der Waals surface area contributed by atoms with Crippen LogP contribution in [0.2, 0.25) is 0 Å². The van der Waals surface area contributed by atoms with E-state index in [2.05, 4.69) is 24.5 Å². The van der Waals surface area contributed by atoms with E-state index >= 15 is 0 Å². The number of benzene rings is 1. The van der Waals surface area contributed by atoms with Crippen molar-refractivity contribution in [3.05, 3.63) is 29.8 Å². The molecule has 0 aliphatic heterocycles. The first-order valence-electron chi connectivity index (χ1n) is 7.87. The molecular formula is C17H25F3N2O. The molecule has 0 saturated carbocycles. The zero-order valence-corrected chi connectivity index (χ0v) is 14.0. The summed E-state index contributed by atoms with van der Waals surface area (Å²) in [5, 5.41) is 5.67. The predicted octanol–water partition coefficient (Wildman–Crippen LogP) is 4.45. The minimum Gasteiger partial charge on any atom is -0.325 e. The Morgan fingerprint density at radius 1 is 1.17 bits per heavy atom. The highest BCUT2D eigenvalue weighted by Crippen LogP contribution is 2.34. The molecule has 0 radical (unpaired) electrons. The summed E-state index contributed by atoms with van der Waals surface area (Å²) in [6.45, 7) is 8.11. The van der Waals surface area contributed by atoms with E-state index in [1.165, 1.54) is 18.2 Å². The Morgan fingerprint density at radius 2 is 1.78 bits per heavy atom. The Labute approximate surface area is 135 Å². The monoisotopic (exact) mass is 330 g/mol. The van der Waals surface area contributed by atoms with Crippen LogP contribution >= 0.6 is 0 Å². The van der Waals surface area contributed by atoms with Gasteiger partial charge in [0.1, 0.15) is 0 Å². The molecule has 3 nitrogen and oxygen atoms in total. The second-order valence-electron chi connectivity index (χ2n) is 6.04. The van der Waals surface area contributed by atoms with E-state index in [9.17, 15) is 18.0 Å². The normalized spacial score (nSPS) is 15.8. The average Bonchev–Trinajstić information content (AvgIpc) is 2.45. The van der Waals surface area contributed by atoms with Gasteiger partial charge in [-0.3, -0.25) is 4.79 Å². The standard InChI is InChI=1S/C17H25F3N2O/c1-5-11(2)13(4)21-12(3)10-16(23)22-15-9-7-6-8-14(15)17(18,19)20/h6-9,11-13,21H,5,10H2,1-4H3,(H,22,23). The highest BCUT2D eigenvalue weighted by molar-refractivity contribution is 5.92. The third kappa shape index (κ3) is 6.22. The van der Waals surface area contributed by atoms with E-state index in [1.54, 1.807) is 0 Å². The van der Waals surface area contributed by atoms with Gasteiger partial charge in [0.25, 0.3) is 0 Å². The van der Waals surface area contributed by atoms with Crippen LogP contribution < -0.4 is 10.6 Å². The second-order valence-corrected chi connectivity index (χ2v) is 6.04. The lowest BCUT2D eigenvalue weighted by Gasteiger charge is -2.24. The quantitative estimate of drug-likeness (QED) is 0.776. The van der Waals surface area contributed by atoms with E-state index in [0.29, 0.717) is 5.92 Å². The molecule has 0 bridgehead atoms. The number of nitrogens with one attached hydrogen (secondary N) is 2. The maximum absolute atomic E-state index is 12.9. The van der Waals surface area contributed by atoms with Gasteiger partial charge in [0.15, 0.2) is 0 Å². The molecule has 0 aliphatic carbocycles. The number of anilines is 1. The summed E-state index contributed by atoms with van der Waals surface area (Å²) in [5.41, 5.74) is -1.03. The summed E-state index contributed by atoms with van der Waals surface area (Å²) in [5.74, 6) is 0.0320. The summed E-state index contributed by atoms with van der Waals surface area (Å²) in [6.07, 6.45) is -3.35. The first-order valence-corrected chi connectivity index (χ1v) is 7.87. The van der Waals surface area contributed by atoms with Gasteiger partial charge in [-0.2, -0.15) is 13.2 Å². The fourth-order valence-electron chi connectivity index (χ4n) is 2.34. The lowest BCUT2D eigenvalue weighted by Crippen LogP contribution is -2.40. The number of amides is 1. The van der Waals surface area contributed by atoms with Crippen molar-refractivity contribution in [3.63, 3.8) is 0 Å². The molecule has 0 saturated heterocycles. The molecule has 23 heavy (non-hydrogen) atoms. The van der Waals surface area contributed by atoms with Gasteiger partial charge in [-0.25, -0.2) is 0 Å². The van der Waals surface area contributed by atoms with E-state index in [1.807, 2.05) is 13.8 Å². The Bertz CT molecular complexity index is 517. The number of hydrogen-bond acceptors (Lipinski definition) is 2. The molecule has 0 aliphatic rings. The SMILES string of the molecule is CCC(C)C(C)NC(C)CC(=O)Nc1ccccc1C(F)(F)F. The molecule has 1 rings (SSSR count). The van der Waals surface area contributed by atoms with Gasteiger partial charge in [0.05, 0.1) is 11.3 Å². The fourth-order valence-corrected chi connectivity index (χ4v) is 2.34. The molecule has 130 valence electrons. The van der Waals surface area contributed by atoms with Gasteiger partial charge in [0.2, 0.25) is 5.91 Å². The highest BCUT2D eigenvalue weighted by atomic mass is 19.4. The minimum atomic E-state index is -4.49. The van der Waals surface area contributed by atoms with Crippen LogP contribution in [0.3, 0.4) is 0 Å². The lowest BCUT2D eigenvalue weighted by molar-refractivity contribution is -0.137. The van der Waals surface area contributed by atoms with Gasteiger partial charge in [-0.15, -0.1) is 0 Å². The van der Waals surface area contributed by atoms with Crippen molar-refractivity contribution in [2.24, 2.45) is 5.92 Å². The number of rotatable bonds is 7. The summed E-state index contributed by atoms with van der Waals surface area (Å²) in [6, 6.07) is 5.12. The minimum absolute atomic E-state index is 0.114. The van der Waals surface area contributed by atoms with E-state index < -0.39 is 17.6 Å². The Balaban J connectivity index is 2.64. The van der Waals surface area contributed by atoms with Gasteiger partial charge >= 0.3 is 6.18 Å². The van der Waals surface area contributed by atoms with Crippen LogP contribution in [0.5, 0.6) is 0 Å². The van der Waals surface area contributed by atoms with Crippen LogP contribution in [0.4, 0.5) is 18.9 Å². The van der Waals surface area contributed by atoms with Crippen LogP contribution in [0.15, 0.2) is 24.3 Å². The van der Waals surface area contributed by atoms with E-state index in [4.69, 9.17) is 0 Å². The molecule has 0 heterocycles. The Morgan fingerprint density at radius 3 is 2.35 bits per heavy atom. The number of carbonyl (C=O) groups is 1. The van der Waals surface area contributed by atoms with Gasteiger partial charge in [-0.1, -0.05) is 32.4 Å². The predicted molar refractivity (Wildman–Crippen MR) is 86.2 cm³/mol. The molecular weight excluding hydrogens is 305 g/mol. The van der Waals surface area contributed by atoms with Crippen LogP contribution in [0.25, 0.3) is 0 Å². The summed E-state index contributed by atoms with van der Waals surface area (Å²) in [7, 11) is 0. The molecule has 6 heteroatoms. The fraction of sp³-hybridized carbons (Fsp3) is 0.588. The third-order valence-electron chi connectivity index (χ3n) is 4.04. The number of carbonyl (C=O) groups excluding carboxylic acids is 1. The molecule has 1 amide bonds. The van der Waals surface area contributed by atoms with E-state index in [-0.39, 0.29) is 24.2 Å². The van der Waals surface area contributed by atoms with Crippen LogP contribution in [-0.4, -0.2) is 18.0 Å². The van der Waals surface area contributed by atoms with Gasteiger partial charge in [0, 0.05) is 18.5 Å². The summed E-state index contributed by atoms with van der Waals surface area (Å²) < 4.78 is 38.7. The Kier molecular flexibility index (Phi) is 7.06. The maximum atomic E-state index is 12.9. The van der Waals surface area contributed by atoms with Crippen molar-refractivity contribution < 1.29 is 18.0 Å². The summed E-state index contributed by atoms with van der Waals surface area (Å²) in [4.78, 5) is 12.0. The van der Waals surface area contributed by atoms with Crippen molar-refractivity contribution in [3.8, 4) is 0 Å². The van der Waals surface area contributed by atoms with Crippen molar-refractivity contribution in [1.29, 1.82) is 0 Å². The molecule has 3 atom stereocenters. The first-order chi connectivity index (χ1) is 10.6. The summed E-state index contributed by atoms with van der Waals surface area (Å²) >= 11 is 0. The van der Waals surface area contributed by atoms with Crippen molar-refractivity contribution in [1.82, 2.24) is 5.32 Å². The highest BCUT2D eigenvalue weighted by Gasteiger charge is 2.33. The average molecular weight is 330 g/mol. The van der Waals surface area contributed by atoms with Crippen LogP contribution in [-0.2, 0) is 11.0 Å². The molecule has 1 aromatic carbocycles. The smallest absolute Gasteiger partial charge is 0.325 e. The molecule has 3 unspecified atom stereocenters.